The van der Waals surface area contributed by atoms with Crippen LogP contribution in [0.5, 0.6) is 0 Å². The summed E-state index contributed by atoms with van der Waals surface area (Å²) < 4.78 is 224. The maximum absolute atomic E-state index is 13.5. The minimum atomic E-state index is -6.09. The molecular weight excluding hydrogens is 1350 g/mol. The molecule has 2 aliphatic heterocycles. The number of benzene rings is 2. The highest BCUT2D eigenvalue weighted by molar-refractivity contribution is 7.90. The van der Waals surface area contributed by atoms with Gasteiger partial charge in [-0.2, -0.15) is 30.2 Å². The summed E-state index contributed by atoms with van der Waals surface area (Å²) in [5.74, 6) is -4.31. The molecule has 7 aromatic heterocycles. The Balaban J connectivity index is 0.000000138. The predicted molar refractivity (Wildman–Crippen MR) is 321 cm³/mol. The molecule has 4 bridgehead atoms. The quantitative estimate of drug-likeness (QED) is 0.0688. The lowest BCUT2D eigenvalue weighted by molar-refractivity contribution is -0.670. The number of aromatic nitrogens is 12. The molecule has 0 atom stereocenters. The molecule has 9 aromatic rings. The molecule has 17 rings (SSSR count). The van der Waals surface area contributed by atoms with E-state index in [4.69, 9.17) is 18.7 Å². The molecule has 2 N–H and O–H groups in total. The number of sulfonamides is 1. The summed E-state index contributed by atoms with van der Waals surface area (Å²) >= 11 is 0. The summed E-state index contributed by atoms with van der Waals surface area (Å²) in [4.78, 5) is 9.27. The topological polar surface area (TPSA) is 331 Å². The van der Waals surface area contributed by atoms with E-state index in [9.17, 15) is 64.4 Å². The van der Waals surface area contributed by atoms with Crippen molar-refractivity contribution in [3.05, 3.63) is 127 Å². The first-order chi connectivity index (χ1) is 43.7. The monoisotopic (exact) mass is 1410 g/mol. The van der Waals surface area contributed by atoms with Gasteiger partial charge < -0.3 is 10.3 Å². The Kier molecular flexibility index (Phi) is 16.2. The highest BCUT2D eigenvalue weighted by Gasteiger charge is 2.57. The van der Waals surface area contributed by atoms with Gasteiger partial charge in [0, 0.05) is 28.8 Å². The van der Waals surface area contributed by atoms with Gasteiger partial charge >= 0.3 is 15.7 Å². The zero-order valence-corrected chi connectivity index (χ0v) is 54.4. The second-order valence-corrected chi connectivity index (χ2v) is 34.3. The third-order valence-electron chi connectivity index (χ3n) is 19.0. The largest absolute Gasteiger partial charge is 0.741 e. The third kappa shape index (κ3) is 12.0. The fraction of sp³-hybridized carbons (Fsp3) is 0.482. The Labute approximate surface area is 534 Å². The van der Waals surface area contributed by atoms with Crippen LogP contribution in [0.3, 0.4) is 0 Å². The van der Waals surface area contributed by atoms with Crippen LogP contribution >= 0.6 is 0 Å². The van der Waals surface area contributed by atoms with Crippen LogP contribution < -0.4 is 10.3 Å². The number of imidazole rings is 1. The summed E-state index contributed by atoms with van der Waals surface area (Å²) in [5.41, 5.74) is 5.01. The summed E-state index contributed by atoms with van der Waals surface area (Å²) in [6.07, 6.45) is 20.2. The number of hydrogen-bond acceptors (Lipinski definition) is 18. The Bertz CT molecular complexity index is 5000. The van der Waals surface area contributed by atoms with Crippen molar-refractivity contribution in [2.75, 3.05) is 31.9 Å². The molecule has 26 nitrogen and oxygen atoms in total. The van der Waals surface area contributed by atoms with Crippen LogP contribution in [-0.2, 0) is 68.3 Å². The van der Waals surface area contributed by atoms with E-state index in [1.54, 1.807) is 80.1 Å². The molecular formula is C56H62F7N15O11S5. The Morgan fingerprint density at radius 1 is 0.553 bits per heavy atom. The van der Waals surface area contributed by atoms with Crippen LogP contribution in [0, 0.1) is 19.3 Å². The maximum Gasteiger partial charge on any atom is 0.485 e. The van der Waals surface area contributed by atoms with Crippen molar-refractivity contribution in [3.8, 4) is 0 Å². The van der Waals surface area contributed by atoms with Gasteiger partial charge in [0.05, 0.1) is 72.2 Å². The average molecular weight is 1410 g/mol. The molecule has 0 spiro atoms. The van der Waals surface area contributed by atoms with Crippen LogP contribution in [0.2, 0.25) is 0 Å². The van der Waals surface area contributed by atoms with Gasteiger partial charge in [-0.25, -0.2) is 73.7 Å². The van der Waals surface area contributed by atoms with Crippen molar-refractivity contribution in [2.45, 2.75) is 134 Å². The van der Waals surface area contributed by atoms with Gasteiger partial charge in [0.15, 0.2) is 32.7 Å². The first-order valence-corrected chi connectivity index (χ1v) is 36.7. The molecule has 9 heterocycles. The van der Waals surface area contributed by atoms with E-state index in [0.717, 1.165) is 73.9 Å². The first-order valence-electron chi connectivity index (χ1n) is 29.4. The van der Waals surface area contributed by atoms with Crippen molar-refractivity contribution < 1.29 is 81.9 Å². The highest BCUT2D eigenvalue weighted by Crippen LogP contribution is 2.58. The van der Waals surface area contributed by atoms with Crippen molar-refractivity contribution in [1.82, 2.24) is 59.7 Å². The summed E-state index contributed by atoms with van der Waals surface area (Å²) in [7, 11) is -19.7. The molecule has 8 aliphatic rings. The molecule has 94 heavy (non-hydrogen) atoms. The van der Waals surface area contributed by atoms with Crippen molar-refractivity contribution in [1.29, 1.82) is 0 Å². The first kappa shape index (κ1) is 66.9. The molecule has 6 aliphatic carbocycles. The van der Waals surface area contributed by atoms with E-state index >= 15 is 0 Å². The van der Waals surface area contributed by atoms with Gasteiger partial charge in [-0.15, -0.1) is 24.4 Å². The lowest BCUT2D eigenvalue weighted by Gasteiger charge is -2.53. The minimum absolute atomic E-state index is 0.0371. The zero-order valence-electron chi connectivity index (χ0n) is 50.4. The van der Waals surface area contributed by atoms with E-state index in [0.29, 0.717) is 66.5 Å². The number of nitrogens with two attached hydrogens (primary N) is 1. The van der Waals surface area contributed by atoms with Gasteiger partial charge in [0.25, 0.3) is 38.2 Å². The SMILES string of the molecule is C[n+]1ccn(S(=O)(=O)N2CC(F)(F)C2)c1.Cc1ccc(S(=O)(=O)n2ccc3c2ncc2nnc(C45CCC(CS(=O)(=O)N6CC(F)(F)C6)(CC4)CC5)n23)cc1.Cc1ccc(S(=O)(=O)n2ccc3c2ncc2nnc(C45CCC(N)(CC4)CC5)n23)cc1.O=S(=O)([O-])C(F)(F)F. The molecule has 0 radical (unpaired) electrons. The number of aryl methyl sites for hydroxylation is 3. The van der Waals surface area contributed by atoms with Gasteiger partial charge in [-0.05, 0) is 133 Å². The van der Waals surface area contributed by atoms with E-state index in [1.807, 2.05) is 22.6 Å². The highest BCUT2D eigenvalue weighted by atomic mass is 32.2. The number of fused-ring (bicyclic) bond motifs is 12. The van der Waals surface area contributed by atoms with Crippen LogP contribution in [0.4, 0.5) is 30.7 Å². The molecule has 0 amide bonds. The van der Waals surface area contributed by atoms with Crippen molar-refractivity contribution in [3.63, 3.8) is 0 Å². The third-order valence-corrected chi connectivity index (χ3v) is 26.6. The van der Waals surface area contributed by atoms with Crippen LogP contribution in [0.25, 0.3) is 33.6 Å². The Morgan fingerprint density at radius 3 is 1.30 bits per heavy atom. The van der Waals surface area contributed by atoms with Crippen LogP contribution in [0.15, 0.2) is 114 Å². The number of nitrogens with zero attached hydrogens (tertiary/aromatic N) is 14. The maximum atomic E-state index is 13.5. The molecule has 2 saturated heterocycles. The number of rotatable bonds is 11. The molecule has 0 unspecified atom stereocenters. The second kappa shape index (κ2) is 22.8. The molecule has 506 valence electrons. The van der Waals surface area contributed by atoms with Crippen molar-refractivity contribution >= 4 is 84.0 Å². The van der Waals surface area contributed by atoms with Gasteiger partial charge in [0.2, 0.25) is 10.0 Å². The van der Waals surface area contributed by atoms with Crippen LogP contribution in [-0.4, -0.2) is 161 Å². The predicted octanol–water partition coefficient (Wildman–Crippen LogP) is 5.83. The number of alkyl halides is 7. The average Bonchev–Trinajstić information content (AvgIpc) is 1.42. The fourth-order valence-corrected chi connectivity index (χ4v) is 19.6. The van der Waals surface area contributed by atoms with E-state index < -0.39 is 99.3 Å². The van der Waals surface area contributed by atoms with Crippen molar-refractivity contribution in [2.24, 2.45) is 18.2 Å². The van der Waals surface area contributed by atoms with Gasteiger partial charge in [0.1, 0.15) is 24.0 Å². The second-order valence-electron chi connectivity index (χ2n) is 25.5. The molecule has 38 heteroatoms. The van der Waals surface area contributed by atoms with E-state index in [-0.39, 0.29) is 37.6 Å². The molecule has 6 saturated carbocycles. The molecule has 8 fully saturated rings. The Morgan fingerprint density at radius 2 is 0.936 bits per heavy atom. The summed E-state index contributed by atoms with van der Waals surface area (Å²) in [5, 5.41) is 17.8. The van der Waals surface area contributed by atoms with E-state index in [1.165, 1.54) is 43.6 Å². The standard InChI is InChI=1S/C26H28F2N6O4S2.C22H24N6O2S.C7H10F2N3O2S.CHF3O3S/c1-18-2-4-19(5-3-18)40(37,38)33-13-6-20-22(33)29-14-21-30-31-23(34(20)21)25-10-7-24(8-11-25,9-12-25)17-39(35,36)32-15-26(27,28)16-32;1-15-2-4-16(5-3-15)31(29,30)27-13-6-17-19(27)24-14-18-25-26-20(28(17)18)21-7-10-22(23,11-8-21)12-9-21;1-10-2-3-11(6-10)15(13,14)12-4-7(8,9)5-12;2-1(3,4)8(5,6)7/h2-6,13-14H,7-12,15-17H2,1H3;2-6,13-14H,7-12,23H2,1H3;2-3,6H,4-5H2,1H3;(H,5,6,7)/q;;+1;/p-1. The fourth-order valence-electron chi connectivity index (χ4n) is 13.4. The van der Waals surface area contributed by atoms with Gasteiger partial charge in [-0.3, -0.25) is 8.80 Å². The lowest BCUT2D eigenvalue weighted by atomic mass is 9.54. The zero-order chi connectivity index (χ0) is 67.8. The lowest BCUT2D eigenvalue weighted by Crippen LogP contribution is -2.60. The Hall–Kier alpha value is -7.07. The number of halogens is 7. The normalized spacial score (nSPS) is 24.6. The minimum Gasteiger partial charge on any atom is -0.741 e. The summed E-state index contributed by atoms with van der Waals surface area (Å²) in [6, 6.07) is 17.0. The van der Waals surface area contributed by atoms with Gasteiger partial charge in [-0.1, -0.05) is 35.4 Å². The number of hydrogen-bond donors (Lipinski definition) is 1. The smallest absolute Gasteiger partial charge is 0.485 e. The van der Waals surface area contributed by atoms with Crippen LogP contribution in [0.1, 0.15) is 99.8 Å². The van der Waals surface area contributed by atoms with E-state index in [2.05, 4.69) is 30.4 Å². The summed E-state index contributed by atoms with van der Waals surface area (Å²) in [6.45, 7) is 0.876. The molecule has 2 aromatic carbocycles.